The molecule has 3 N–H and O–H groups in total. The Morgan fingerprint density at radius 3 is 2.60 bits per heavy atom. The van der Waals surface area contributed by atoms with Crippen LogP contribution in [0.4, 0.5) is 5.69 Å². The molecule has 1 saturated carbocycles. The van der Waals surface area contributed by atoms with Crippen molar-refractivity contribution in [2.45, 2.75) is 51.0 Å². The zero-order valence-electron chi connectivity index (χ0n) is 12.4. The van der Waals surface area contributed by atoms with Crippen LogP contribution in [0.1, 0.15) is 38.7 Å². The second-order valence-electron chi connectivity index (χ2n) is 5.83. The number of sulfonamides is 1. The fraction of sp³-hybridized carbons (Fsp3) is 0.600. The molecule has 5 heteroatoms. The average molecular weight is 296 g/mol. The molecule has 1 aliphatic carbocycles. The Kier molecular flexibility index (Phi) is 4.39. The number of nitrogens with two attached hydrogens (primary N) is 1. The Bertz CT molecular complexity index is 563. The molecule has 112 valence electrons. The quantitative estimate of drug-likeness (QED) is 0.839. The van der Waals surface area contributed by atoms with E-state index in [1.165, 1.54) is 0 Å². The summed E-state index contributed by atoms with van der Waals surface area (Å²) in [5, 5.41) is 0. The second kappa shape index (κ2) is 5.74. The predicted octanol–water partition coefficient (Wildman–Crippen LogP) is 2.68. The fourth-order valence-corrected chi connectivity index (χ4v) is 5.01. The van der Waals surface area contributed by atoms with Crippen molar-refractivity contribution in [3.8, 4) is 0 Å². The van der Waals surface area contributed by atoms with E-state index in [1.807, 2.05) is 0 Å². The summed E-state index contributed by atoms with van der Waals surface area (Å²) in [5.74, 6) is 0.983. The number of hydrogen-bond acceptors (Lipinski definition) is 3. The molecule has 0 spiro atoms. The summed E-state index contributed by atoms with van der Waals surface area (Å²) in [5.41, 5.74) is 6.86. The molecule has 3 unspecified atom stereocenters. The molecule has 0 aromatic heterocycles. The third-order valence-electron chi connectivity index (χ3n) is 4.57. The molecule has 0 amide bonds. The third kappa shape index (κ3) is 2.83. The monoisotopic (exact) mass is 296 g/mol. The van der Waals surface area contributed by atoms with Crippen LogP contribution in [0.15, 0.2) is 23.1 Å². The molecule has 0 bridgehead atoms. The minimum atomic E-state index is -3.54. The van der Waals surface area contributed by atoms with Crippen LogP contribution >= 0.6 is 0 Å². The van der Waals surface area contributed by atoms with Crippen LogP contribution in [0, 0.1) is 18.8 Å². The number of nitrogen functional groups attached to an aromatic ring is 1. The van der Waals surface area contributed by atoms with Gasteiger partial charge in [0, 0.05) is 6.04 Å². The minimum Gasteiger partial charge on any atom is -0.398 e. The predicted molar refractivity (Wildman–Crippen MR) is 81.9 cm³/mol. The van der Waals surface area contributed by atoms with E-state index in [9.17, 15) is 8.42 Å². The number of hydrogen-bond donors (Lipinski definition) is 2. The van der Waals surface area contributed by atoms with Crippen molar-refractivity contribution in [1.82, 2.24) is 4.72 Å². The van der Waals surface area contributed by atoms with Crippen LogP contribution in [-0.4, -0.2) is 14.5 Å². The molecule has 20 heavy (non-hydrogen) atoms. The molecule has 0 aliphatic heterocycles. The molecule has 1 fully saturated rings. The molecule has 0 saturated heterocycles. The first-order valence-electron chi connectivity index (χ1n) is 7.24. The van der Waals surface area contributed by atoms with E-state index in [4.69, 9.17) is 5.73 Å². The van der Waals surface area contributed by atoms with E-state index in [0.29, 0.717) is 23.1 Å². The summed E-state index contributed by atoms with van der Waals surface area (Å²) in [7, 11) is -3.54. The molecule has 1 aromatic carbocycles. The van der Waals surface area contributed by atoms with Crippen molar-refractivity contribution in [3.05, 3.63) is 23.8 Å². The Morgan fingerprint density at radius 1 is 1.35 bits per heavy atom. The van der Waals surface area contributed by atoms with Gasteiger partial charge in [0.25, 0.3) is 0 Å². The smallest absolute Gasteiger partial charge is 0.243 e. The number of benzene rings is 1. The van der Waals surface area contributed by atoms with E-state index in [0.717, 1.165) is 19.3 Å². The minimum absolute atomic E-state index is 0.0176. The zero-order chi connectivity index (χ0) is 14.9. The Labute approximate surface area is 121 Å². The highest BCUT2D eigenvalue weighted by Gasteiger charge is 2.35. The maximum Gasteiger partial charge on any atom is 0.243 e. The number of aryl methyl sites for hydroxylation is 1. The third-order valence-corrected chi connectivity index (χ3v) is 6.28. The van der Waals surface area contributed by atoms with Gasteiger partial charge in [-0.05, 0) is 43.2 Å². The van der Waals surface area contributed by atoms with E-state index < -0.39 is 10.0 Å². The largest absolute Gasteiger partial charge is 0.398 e. The maximum absolute atomic E-state index is 12.6. The summed E-state index contributed by atoms with van der Waals surface area (Å²) in [6.07, 6.45) is 3.10. The first-order valence-corrected chi connectivity index (χ1v) is 8.72. The van der Waals surface area contributed by atoms with Crippen LogP contribution in [0.25, 0.3) is 0 Å². The van der Waals surface area contributed by atoms with Crippen LogP contribution in [0.5, 0.6) is 0 Å². The van der Waals surface area contributed by atoms with Crippen molar-refractivity contribution in [2.24, 2.45) is 11.8 Å². The van der Waals surface area contributed by atoms with Crippen LogP contribution in [0.2, 0.25) is 0 Å². The molecule has 2 rings (SSSR count). The van der Waals surface area contributed by atoms with Gasteiger partial charge in [0.15, 0.2) is 0 Å². The van der Waals surface area contributed by atoms with E-state index in [1.54, 1.807) is 25.1 Å². The fourth-order valence-electron chi connectivity index (χ4n) is 3.29. The molecule has 1 aromatic rings. The second-order valence-corrected chi connectivity index (χ2v) is 7.48. The number of anilines is 1. The molecule has 0 heterocycles. The van der Waals surface area contributed by atoms with Gasteiger partial charge in [-0.3, -0.25) is 0 Å². The van der Waals surface area contributed by atoms with Gasteiger partial charge in [-0.25, -0.2) is 13.1 Å². The van der Waals surface area contributed by atoms with Gasteiger partial charge in [-0.1, -0.05) is 32.4 Å². The topological polar surface area (TPSA) is 72.2 Å². The van der Waals surface area contributed by atoms with Crippen molar-refractivity contribution >= 4 is 15.7 Å². The lowest BCUT2D eigenvalue weighted by atomic mass is 9.94. The standard InChI is InChI=1S/C15H24N2O2S/c1-4-12-8-9-14(11(12)3)17-20(18,19)15-10(2)6-5-7-13(15)16/h5-7,11-12,14,17H,4,8-9,16H2,1-3H3. The highest BCUT2D eigenvalue weighted by atomic mass is 32.2. The number of rotatable bonds is 4. The van der Waals surface area contributed by atoms with Gasteiger partial charge in [0.1, 0.15) is 4.90 Å². The Morgan fingerprint density at radius 2 is 2.05 bits per heavy atom. The van der Waals surface area contributed by atoms with Crippen LogP contribution < -0.4 is 10.5 Å². The summed E-state index contributed by atoms with van der Waals surface area (Å²) in [4.78, 5) is 0.229. The highest BCUT2D eigenvalue weighted by Crippen LogP contribution is 2.35. The first-order chi connectivity index (χ1) is 9.36. The van der Waals surface area contributed by atoms with Crippen molar-refractivity contribution < 1.29 is 8.42 Å². The number of nitrogens with one attached hydrogen (secondary N) is 1. The SMILES string of the molecule is CCC1CCC(NS(=O)(=O)c2c(C)cccc2N)C1C. The molecular weight excluding hydrogens is 272 g/mol. The normalized spacial score (nSPS) is 26.9. The molecule has 0 radical (unpaired) electrons. The summed E-state index contributed by atoms with van der Waals surface area (Å²) >= 11 is 0. The maximum atomic E-state index is 12.6. The van der Waals surface area contributed by atoms with Crippen LogP contribution in [-0.2, 0) is 10.0 Å². The van der Waals surface area contributed by atoms with Gasteiger partial charge in [-0.15, -0.1) is 0 Å². The van der Waals surface area contributed by atoms with E-state index >= 15 is 0 Å². The Hall–Kier alpha value is -1.07. The van der Waals surface area contributed by atoms with Gasteiger partial charge in [0.2, 0.25) is 10.0 Å². The summed E-state index contributed by atoms with van der Waals surface area (Å²) in [6.45, 7) is 6.07. The molecular formula is C15H24N2O2S. The van der Waals surface area contributed by atoms with Gasteiger partial charge in [-0.2, -0.15) is 0 Å². The lowest BCUT2D eigenvalue weighted by Gasteiger charge is -2.22. The van der Waals surface area contributed by atoms with Crippen molar-refractivity contribution in [2.75, 3.05) is 5.73 Å². The van der Waals surface area contributed by atoms with Crippen molar-refractivity contribution in [1.29, 1.82) is 0 Å². The van der Waals surface area contributed by atoms with E-state index in [2.05, 4.69) is 18.6 Å². The van der Waals surface area contributed by atoms with Gasteiger partial charge < -0.3 is 5.73 Å². The molecule has 1 aliphatic rings. The first kappa shape index (κ1) is 15.3. The van der Waals surface area contributed by atoms with Gasteiger partial charge in [0.05, 0.1) is 5.69 Å². The molecule has 3 atom stereocenters. The lowest BCUT2D eigenvalue weighted by molar-refractivity contribution is 0.368. The zero-order valence-corrected chi connectivity index (χ0v) is 13.2. The highest BCUT2D eigenvalue weighted by molar-refractivity contribution is 7.89. The Balaban J connectivity index is 2.25. The lowest BCUT2D eigenvalue weighted by Crippen LogP contribution is -2.38. The van der Waals surface area contributed by atoms with Crippen LogP contribution in [0.3, 0.4) is 0 Å². The summed E-state index contributed by atoms with van der Waals surface area (Å²) in [6, 6.07) is 5.20. The molecule has 4 nitrogen and oxygen atoms in total. The van der Waals surface area contributed by atoms with Gasteiger partial charge >= 0.3 is 0 Å². The van der Waals surface area contributed by atoms with E-state index in [-0.39, 0.29) is 10.9 Å². The van der Waals surface area contributed by atoms with Crippen molar-refractivity contribution in [3.63, 3.8) is 0 Å². The summed E-state index contributed by atoms with van der Waals surface area (Å²) < 4.78 is 28.0. The average Bonchev–Trinajstić information content (AvgIpc) is 2.69.